The molecule has 2 fully saturated rings. The number of nitrogens with zero attached hydrogens (tertiary/aromatic N) is 3. The lowest BCUT2D eigenvalue weighted by atomic mass is 10.2. The van der Waals surface area contributed by atoms with Crippen molar-refractivity contribution in [3.05, 3.63) is 17.5 Å². The summed E-state index contributed by atoms with van der Waals surface area (Å²) >= 11 is 0. The maximum atomic E-state index is 12.5. The highest BCUT2D eigenvalue weighted by atomic mass is 16.5. The number of rotatable bonds is 3. The summed E-state index contributed by atoms with van der Waals surface area (Å²) in [4.78, 5) is 14.4. The summed E-state index contributed by atoms with van der Waals surface area (Å²) in [6.07, 6.45) is -0.381. The minimum absolute atomic E-state index is 0.0211. The summed E-state index contributed by atoms with van der Waals surface area (Å²) < 4.78 is 13.3. The van der Waals surface area contributed by atoms with Crippen molar-refractivity contribution < 1.29 is 14.3 Å². The molecule has 2 aliphatic rings. The van der Waals surface area contributed by atoms with E-state index in [-0.39, 0.29) is 18.1 Å². The van der Waals surface area contributed by atoms with Gasteiger partial charge >= 0.3 is 0 Å². The molecule has 1 aromatic rings. The van der Waals surface area contributed by atoms with E-state index in [9.17, 15) is 4.79 Å². The molecule has 2 unspecified atom stereocenters. The standard InChI is InChI=1S/C15H24N4O3/c1-11-7-12(2)19(17-11)10-13-9-18(4-6-21-13)15(20)14-8-16-3-5-22-14/h7,13-14,16H,3-6,8-10H2,1-2H3. The van der Waals surface area contributed by atoms with Crippen molar-refractivity contribution >= 4 is 5.91 Å². The third-order valence-electron chi connectivity index (χ3n) is 4.13. The Morgan fingerprint density at radius 3 is 2.95 bits per heavy atom. The van der Waals surface area contributed by atoms with E-state index in [2.05, 4.69) is 10.4 Å². The number of aromatic nitrogens is 2. The van der Waals surface area contributed by atoms with Crippen molar-refractivity contribution in [1.29, 1.82) is 0 Å². The van der Waals surface area contributed by atoms with Gasteiger partial charge in [0.25, 0.3) is 5.91 Å². The Labute approximate surface area is 130 Å². The highest BCUT2D eigenvalue weighted by Crippen LogP contribution is 2.12. The minimum Gasteiger partial charge on any atom is -0.373 e. The van der Waals surface area contributed by atoms with Gasteiger partial charge in [0.15, 0.2) is 0 Å². The van der Waals surface area contributed by atoms with E-state index >= 15 is 0 Å². The van der Waals surface area contributed by atoms with Crippen molar-refractivity contribution in [2.45, 2.75) is 32.6 Å². The van der Waals surface area contributed by atoms with Crippen LogP contribution in [0.3, 0.4) is 0 Å². The summed E-state index contributed by atoms with van der Waals surface area (Å²) in [5, 5.41) is 7.66. The lowest BCUT2D eigenvalue weighted by Gasteiger charge is -2.36. The van der Waals surface area contributed by atoms with Crippen LogP contribution in [0.1, 0.15) is 11.4 Å². The highest BCUT2D eigenvalue weighted by Gasteiger charge is 2.31. The largest absolute Gasteiger partial charge is 0.373 e. The molecule has 2 saturated heterocycles. The lowest BCUT2D eigenvalue weighted by molar-refractivity contribution is -0.153. The van der Waals surface area contributed by atoms with Crippen LogP contribution in [0.15, 0.2) is 6.07 Å². The van der Waals surface area contributed by atoms with Crippen LogP contribution >= 0.6 is 0 Å². The SMILES string of the molecule is Cc1cc(C)n(CC2CN(C(=O)C3CNCCO3)CCO2)n1. The van der Waals surface area contributed by atoms with Gasteiger partial charge in [-0.3, -0.25) is 9.48 Å². The molecule has 1 amide bonds. The van der Waals surface area contributed by atoms with Crippen LogP contribution in [0.25, 0.3) is 0 Å². The molecule has 3 rings (SSSR count). The second kappa shape index (κ2) is 6.76. The number of hydrogen-bond acceptors (Lipinski definition) is 5. The molecule has 0 spiro atoms. The molecule has 0 aliphatic carbocycles. The Kier molecular flexibility index (Phi) is 4.75. The molecule has 1 N–H and O–H groups in total. The number of morpholine rings is 2. The molecule has 0 radical (unpaired) electrons. The normalized spacial score (nSPS) is 26.2. The molecule has 0 aromatic carbocycles. The van der Waals surface area contributed by atoms with E-state index in [1.807, 2.05) is 29.5 Å². The zero-order valence-electron chi connectivity index (χ0n) is 13.2. The fourth-order valence-corrected chi connectivity index (χ4v) is 3.01. The van der Waals surface area contributed by atoms with Gasteiger partial charge in [-0.05, 0) is 19.9 Å². The van der Waals surface area contributed by atoms with Crippen molar-refractivity contribution in [2.75, 3.05) is 39.4 Å². The van der Waals surface area contributed by atoms with Crippen LogP contribution in [0.2, 0.25) is 0 Å². The number of aryl methyl sites for hydroxylation is 2. The zero-order valence-corrected chi connectivity index (χ0v) is 13.2. The Morgan fingerprint density at radius 1 is 1.41 bits per heavy atom. The summed E-state index contributed by atoms with van der Waals surface area (Å²) in [6, 6.07) is 2.05. The number of hydrogen-bond donors (Lipinski definition) is 1. The summed E-state index contributed by atoms with van der Waals surface area (Å²) in [7, 11) is 0. The van der Waals surface area contributed by atoms with Crippen LogP contribution < -0.4 is 5.32 Å². The van der Waals surface area contributed by atoms with E-state index in [4.69, 9.17) is 9.47 Å². The first-order chi connectivity index (χ1) is 10.6. The first kappa shape index (κ1) is 15.5. The van der Waals surface area contributed by atoms with Gasteiger partial charge in [0, 0.05) is 31.9 Å². The van der Waals surface area contributed by atoms with Gasteiger partial charge in [0.2, 0.25) is 0 Å². The van der Waals surface area contributed by atoms with Crippen molar-refractivity contribution in [3.8, 4) is 0 Å². The quantitative estimate of drug-likeness (QED) is 0.831. The average Bonchev–Trinajstić information content (AvgIpc) is 2.85. The minimum atomic E-state index is -0.360. The lowest BCUT2D eigenvalue weighted by Crippen LogP contribution is -2.54. The van der Waals surface area contributed by atoms with Gasteiger partial charge in [-0.25, -0.2) is 0 Å². The van der Waals surface area contributed by atoms with Crippen LogP contribution in [-0.2, 0) is 20.8 Å². The van der Waals surface area contributed by atoms with Gasteiger partial charge in [-0.15, -0.1) is 0 Å². The van der Waals surface area contributed by atoms with E-state index < -0.39 is 0 Å². The zero-order chi connectivity index (χ0) is 15.5. The Bertz CT molecular complexity index is 525. The Morgan fingerprint density at radius 2 is 2.27 bits per heavy atom. The molecule has 2 atom stereocenters. The van der Waals surface area contributed by atoms with Crippen LogP contribution in [-0.4, -0.2) is 72.2 Å². The molecule has 3 heterocycles. The summed E-state index contributed by atoms with van der Waals surface area (Å²) in [5.74, 6) is 0.0638. The van der Waals surface area contributed by atoms with Crippen LogP contribution in [0, 0.1) is 13.8 Å². The first-order valence-electron chi connectivity index (χ1n) is 7.87. The predicted octanol–water partition coefficient (Wildman–Crippen LogP) is -0.284. The molecular weight excluding hydrogens is 284 g/mol. The predicted molar refractivity (Wildman–Crippen MR) is 80.6 cm³/mol. The van der Waals surface area contributed by atoms with Crippen molar-refractivity contribution in [2.24, 2.45) is 0 Å². The second-order valence-electron chi connectivity index (χ2n) is 5.95. The fourth-order valence-electron chi connectivity index (χ4n) is 3.01. The maximum absolute atomic E-state index is 12.5. The maximum Gasteiger partial charge on any atom is 0.253 e. The topological polar surface area (TPSA) is 68.6 Å². The van der Waals surface area contributed by atoms with Crippen LogP contribution in [0.5, 0.6) is 0 Å². The highest BCUT2D eigenvalue weighted by molar-refractivity contribution is 5.81. The fraction of sp³-hybridized carbons (Fsp3) is 0.733. The third-order valence-corrected chi connectivity index (χ3v) is 4.13. The number of carbonyl (C=O) groups excluding carboxylic acids is 1. The molecular formula is C15H24N4O3. The molecule has 0 saturated carbocycles. The molecule has 7 nitrogen and oxygen atoms in total. The Hall–Kier alpha value is -1.44. The third kappa shape index (κ3) is 3.48. The van der Waals surface area contributed by atoms with Crippen LogP contribution in [0.4, 0.5) is 0 Å². The summed E-state index contributed by atoms with van der Waals surface area (Å²) in [5.41, 5.74) is 2.12. The molecule has 22 heavy (non-hydrogen) atoms. The molecule has 1 aromatic heterocycles. The van der Waals surface area contributed by atoms with Gasteiger partial charge in [-0.1, -0.05) is 0 Å². The monoisotopic (exact) mass is 308 g/mol. The summed E-state index contributed by atoms with van der Waals surface area (Å²) in [6.45, 7) is 8.48. The van der Waals surface area contributed by atoms with E-state index in [1.54, 1.807) is 0 Å². The number of nitrogens with one attached hydrogen (secondary N) is 1. The smallest absolute Gasteiger partial charge is 0.253 e. The Balaban J connectivity index is 1.59. The van der Waals surface area contributed by atoms with Gasteiger partial charge in [0.1, 0.15) is 6.10 Å². The second-order valence-corrected chi connectivity index (χ2v) is 5.95. The van der Waals surface area contributed by atoms with Crippen molar-refractivity contribution in [3.63, 3.8) is 0 Å². The van der Waals surface area contributed by atoms with Crippen molar-refractivity contribution in [1.82, 2.24) is 20.0 Å². The van der Waals surface area contributed by atoms with Gasteiger partial charge < -0.3 is 19.7 Å². The molecule has 7 heteroatoms. The van der Waals surface area contributed by atoms with E-state index in [1.165, 1.54) is 0 Å². The van der Waals surface area contributed by atoms with Gasteiger partial charge in [-0.2, -0.15) is 5.10 Å². The molecule has 0 bridgehead atoms. The van der Waals surface area contributed by atoms with E-state index in [0.29, 0.717) is 39.4 Å². The first-order valence-corrected chi connectivity index (χ1v) is 7.87. The average molecular weight is 308 g/mol. The number of amides is 1. The number of ether oxygens (including phenoxy) is 2. The molecule has 122 valence electrons. The van der Waals surface area contributed by atoms with Gasteiger partial charge in [0.05, 0.1) is 31.6 Å². The number of carbonyl (C=O) groups is 1. The van der Waals surface area contributed by atoms with E-state index in [0.717, 1.165) is 17.9 Å². The molecule has 2 aliphatic heterocycles.